The first-order valence-corrected chi connectivity index (χ1v) is 11.1. The van der Waals surface area contributed by atoms with E-state index in [-0.39, 0.29) is 29.7 Å². The molecule has 7 nitrogen and oxygen atoms in total. The van der Waals surface area contributed by atoms with Gasteiger partial charge in [-0.2, -0.15) is 0 Å². The molecule has 0 radical (unpaired) electrons. The molecule has 33 heavy (non-hydrogen) atoms. The lowest BCUT2D eigenvalue weighted by molar-refractivity contribution is -0.133. The number of hydrogen-bond donors (Lipinski definition) is 2. The number of rotatable bonds is 6. The molecule has 0 saturated heterocycles. The van der Waals surface area contributed by atoms with E-state index in [4.69, 9.17) is 4.74 Å². The first-order chi connectivity index (χ1) is 15.7. The van der Waals surface area contributed by atoms with E-state index in [1.165, 1.54) is 34.9 Å². The Hall–Kier alpha value is -3.78. The summed E-state index contributed by atoms with van der Waals surface area (Å²) in [4.78, 5) is 40.6. The van der Waals surface area contributed by atoms with Gasteiger partial charge in [0.05, 0.1) is 16.9 Å². The molecule has 2 amide bonds. The van der Waals surface area contributed by atoms with Crippen LogP contribution in [0.1, 0.15) is 24.2 Å². The third-order valence-corrected chi connectivity index (χ3v) is 6.14. The first kappa shape index (κ1) is 22.4. The maximum atomic E-state index is 13.0. The lowest BCUT2D eigenvalue weighted by Gasteiger charge is -2.38. The van der Waals surface area contributed by atoms with Crippen molar-refractivity contribution in [2.75, 3.05) is 16.8 Å². The van der Waals surface area contributed by atoms with E-state index >= 15 is 0 Å². The molecule has 0 aliphatic carbocycles. The quantitative estimate of drug-likeness (QED) is 0.552. The number of carbonyl (C=O) groups is 3. The first-order valence-electron chi connectivity index (χ1n) is 10.2. The number of nitrogens with zero attached hydrogens (tertiary/aromatic N) is 1. The van der Waals surface area contributed by atoms with Crippen LogP contribution in [0.25, 0.3) is 0 Å². The zero-order valence-electron chi connectivity index (χ0n) is 18.1. The molecule has 2 N–H and O–H groups in total. The normalized spacial score (nSPS) is 14.2. The highest BCUT2D eigenvalue weighted by atomic mass is 32.2. The Bertz CT molecular complexity index is 1230. The molecule has 1 aliphatic rings. The second-order valence-electron chi connectivity index (χ2n) is 7.95. The number of nitrogens with one attached hydrogen (secondary N) is 1. The Balaban J connectivity index is 1.57. The molecule has 4 rings (SSSR count). The van der Waals surface area contributed by atoms with Crippen LogP contribution in [-0.4, -0.2) is 35.0 Å². The summed E-state index contributed by atoms with van der Waals surface area (Å²) >= 11 is 1.52. The number of para-hydroxylation sites is 1. The number of carboxylic acids is 1. The van der Waals surface area contributed by atoms with E-state index in [1.807, 2.05) is 48.5 Å². The summed E-state index contributed by atoms with van der Waals surface area (Å²) in [6.45, 7) is 2.93. The summed E-state index contributed by atoms with van der Waals surface area (Å²) in [7, 11) is 0. The molecule has 0 spiro atoms. The second-order valence-corrected chi connectivity index (χ2v) is 9.07. The van der Waals surface area contributed by atoms with Crippen molar-refractivity contribution in [3.63, 3.8) is 0 Å². The van der Waals surface area contributed by atoms with Gasteiger partial charge in [0.25, 0.3) is 5.91 Å². The minimum absolute atomic E-state index is 0.0372. The van der Waals surface area contributed by atoms with Crippen molar-refractivity contribution in [2.45, 2.75) is 29.2 Å². The van der Waals surface area contributed by atoms with Gasteiger partial charge in [0.2, 0.25) is 5.91 Å². The minimum atomic E-state index is -1.24. The standard InChI is InChI=1S/C25H22N2O5S/c1-25(2)24(31)27(19-13-12-16(23(29)30)14-20(19)32-25)15-22(28)26-18-10-6-7-11-21(18)33-17-8-4-3-5-9-17/h3-14H,15H2,1-2H3,(H,26,28)(H,29,30). The van der Waals surface area contributed by atoms with Gasteiger partial charge in [-0.1, -0.05) is 42.1 Å². The SMILES string of the molecule is CC1(C)Oc2cc(C(=O)O)ccc2N(CC(=O)Nc2ccccc2Sc2ccccc2)C1=O. The van der Waals surface area contributed by atoms with Crippen molar-refractivity contribution in [1.29, 1.82) is 0 Å². The number of benzene rings is 3. The Morgan fingerprint density at radius 1 is 1.03 bits per heavy atom. The van der Waals surface area contributed by atoms with Crippen molar-refractivity contribution >= 4 is 40.9 Å². The van der Waals surface area contributed by atoms with Crippen LogP contribution in [0.15, 0.2) is 82.6 Å². The molecule has 8 heteroatoms. The molecule has 0 bridgehead atoms. The molecule has 0 fully saturated rings. The molecule has 3 aromatic carbocycles. The number of hydrogen-bond acceptors (Lipinski definition) is 5. The molecular weight excluding hydrogens is 440 g/mol. The highest BCUT2D eigenvalue weighted by molar-refractivity contribution is 7.99. The van der Waals surface area contributed by atoms with E-state index in [2.05, 4.69) is 5.32 Å². The Labute approximate surface area is 195 Å². The number of amides is 2. The lowest BCUT2D eigenvalue weighted by Crippen LogP contribution is -2.54. The zero-order chi connectivity index (χ0) is 23.6. The highest BCUT2D eigenvalue weighted by Crippen LogP contribution is 2.39. The number of carbonyl (C=O) groups excluding carboxylic acids is 2. The van der Waals surface area contributed by atoms with Crippen molar-refractivity contribution in [2.24, 2.45) is 0 Å². The monoisotopic (exact) mass is 462 g/mol. The van der Waals surface area contributed by atoms with E-state index < -0.39 is 11.6 Å². The van der Waals surface area contributed by atoms with Crippen LogP contribution in [0.2, 0.25) is 0 Å². The number of aromatic carboxylic acids is 1. The minimum Gasteiger partial charge on any atom is -0.478 e. The van der Waals surface area contributed by atoms with Gasteiger partial charge < -0.3 is 15.2 Å². The summed E-state index contributed by atoms with van der Waals surface area (Å²) in [6.07, 6.45) is 0. The Morgan fingerprint density at radius 2 is 1.73 bits per heavy atom. The van der Waals surface area contributed by atoms with E-state index in [9.17, 15) is 19.5 Å². The number of fused-ring (bicyclic) bond motifs is 1. The van der Waals surface area contributed by atoms with Gasteiger partial charge in [-0.25, -0.2) is 4.79 Å². The molecule has 0 unspecified atom stereocenters. The van der Waals surface area contributed by atoms with E-state index in [1.54, 1.807) is 19.9 Å². The van der Waals surface area contributed by atoms with Crippen molar-refractivity contribution in [3.05, 3.63) is 78.4 Å². The number of carboxylic acid groups (broad SMARTS) is 1. The van der Waals surface area contributed by atoms with Crippen molar-refractivity contribution in [1.82, 2.24) is 0 Å². The molecule has 1 aliphatic heterocycles. The molecule has 168 valence electrons. The van der Waals surface area contributed by atoms with Crippen LogP contribution in [-0.2, 0) is 9.59 Å². The molecule has 0 atom stereocenters. The van der Waals surface area contributed by atoms with Gasteiger partial charge in [0.1, 0.15) is 12.3 Å². The van der Waals surface area contributed by atoms with Gasteiger partial charge in [-0.15, -0.1) is 0 Å². The largest absolute Gasteiger partial charge is 0.478 e. The molecule has 1 heterocycles. The van der Waals surface area contributed by atoms with Crippen molar-refractivity contribution in [3.8, 4) is 5.75 Å². The predicted molar refractivity (Wildman–Crippen MR) is 126 cm³/mol. The van der Waals surface area contributed by atoms with Crippen molar-refractivity contribution < 1.29 is 24.2 Å². The molecular formula is C25H22N2O5S. The number of anilines is 2. The fourth-order valence-electron chi connectivity index (χ4n) is 3.47. The van der Waals surface area contributed by atoms with Crippen LogP contribution < -0.4 is 15.0 Å². The van der Waals surface area contributed by atoms with E-state index in [0.29, 0.717) is 11.4 Å². The number of ether oxygens (including phenoxy) is 1. The van der Waals surface area contributed by atoms with Crippen LogP contribution >= 0.6 is 11.8 Å². The second kappa shape index (κ2) is 8.99. The van der Waals surface area contributed by atoms with Crippen LogP contribution in [0.3, 0.4) is 0 Å². The third-order valence-electron chi connectivity index (χ3n) is 5.06. The Kier molecular flexibility index (Phi) is 6.11. The average molecular weight is 463 g/mol. The topological polar surface area (TPSA) is 95.9 Å². The van der Waals surface area contributed by atoms with Crippen LogP contribution in [0, 0.1) is 0 Å². The summed E-state index contributed by atoms with van der Waals surface area (Å²) in [5.74, 6) is -1.63. The summed E-state index contributed by atoms with van der Waals surface area (Å²) in [5, 5.41) is 12.2. The molecule has 0 aromatic heterocycles. The highest BCUT2D eigenvalue weighted by Gasteiger charge is 2.41. The molecule has 0 saturated carbocycles. The summed E-state index contributed by atoms with van der Waals surface area (Å²) in [6, 6.07) is 21.5. The van der Waals surface area contributed by atoms with Gasteiger partial charge in [-0.05, 0) is 56.3 Å². The van der Waals surface area contributed by atoms with Crippen LogP contribution in [0.4, 0.5) is 11.4 Å². The smallest absolute Gasteiger partial charge is 0.335 e. The maximum absolute atomic E-state index is 13.0. The molecule has 3 aromatic rings. The Morgan fingerprint density at radius 3 is 2.45 bits per heavy atom. The van der Waals surface area contributed by atoms with E-state index in [0.717, 1.165) is 9.79 Å². The summed E-state index contributed by atoms with van der Waals surface area (Å²) in [5.41, 5.74) is -0.217. The fraction of sp³-hybridized carbons (Fsp3) is 0.160. The van der Waals surface area contributed by atoms with Crippen LogP contribution in [0.5, 0.6) is 5.75 Å². The predicted octanol–water partition coefficient (Wildman–Crippen LogP) is 4.68. The van der Waals surface area contributed by atoms with Gasteiger partial charge >= 0.3 is 5.97 Å². The van der Waals surface area contributed by atoms with Gasteiger partial charge in [0.15, 0.2) is 5.60 Å². The summed E-state index contributed by atoms with van der Waals surface area (Å²) < 4.78 is 5.75. The fourth-order valence-corrected chi connectivity index (χ4v) is 4.39. The zero-order valence-corrected chi connectivity index (χ0v) is 18.9. The third kappa shape index (κ3) is 4.85. The lowest BCUT2D eigenvalue weighted by atomic mass is 10.0. The van der Waals surface area contributed by atoms with Gasteiger partial charge in [-0.3, -0.25) is 14.5 Å². The van der Waals surface area contributed by atoms with Gasteiger partial charge in [0, 0.05) is 9.79 Å². The average Bonchev–Trinajstić information content (AvgIpc) is 2.78. The maximum Gasteiger partial charge on any atom is 0.335 e.